The van der Waals surface area contributed by atoms with E-state index in [4.69, 9.17) is 25.8 Å². The Bertz CT molecular complexity index is 636. The largest absolute Gasteiger partial charge is 0.493 e. The SMILES string of the molecule is CCOC(=O)/C=C/c1c(F)c(Cl)cc(C2(C)CCCO2)c1OCC. The number of esters is 1. The van der Waals surface area contributed by atoms with Gasteiger partial charge >= 0.3 is 5.97 Å². The highest BCUT2D eigenvalue weighted by Crippen LogP contribution is 2.44. The first-order valence-electron chi connectivity index (χ1n) is 8.07. The van der Waals surface area contributed by atoms with Gasteiger partial charge in [0.2, 0.25) is 0 Å². The van der Waals surface area contributed by atoms with Gasteiger partial charge in [-0.3, -0.25) is 0 Å². The molecule has 1 unspecified atom stereocenters. The van der Waals surface area contributed by atoms with Crippen molar-refractivity contribution in [3.05, 3.63) is 34.1 Å². The summed E-state index contributed by atoms with van der Waals surface area (Å²) in [6.07, 6.45) is 4.20. The summed E-state index contributed by atoms with van der Waals surface area (Å²) in [6.45, 7) is 6.68. The molecule has 1 aliphatic heterocycles. The van der Waals surface area contributed by atoms with Crippen LogP contribution in [0.1, 0.15) is 44.7 Å². The first-order chi connectivity index (χ1) is 11.4. The van der Waals surface area contributed by atoms with Gasteiger partial charge in [-0.1, -0.05) is 11.6 Å². The molecule has 0 aliphatic carbocycles. The van der Waals surface area contributed by atoms with Gasteiger partial charge in [-0.15, -0.1) is 0 Å². The molecule has 0 saturated carbocycles. The number of carbonyl (C=O) groups is 1. The zero-order valence-electron chi connectivity index (χ0n) is 14.2. The van der Waals surface area contributed by atoms with Gasteiger partial charge in [-0.2, -0.15) is 0 Å². The standard InChI is InChI=1S/C18H22ClFO4/c1-4-22-15(21)8-7-12-16(20)14(19)11-13(17(12)23-5-2)18(3)9-6-10-24-18/h7-8,11H,4-6,9-10H2,1-3H3/b8-7+. The van der Waals surface area contributed by atoms with Crippen molar-refractivity contribution in [2.75, 3.05) is 19.8 Å². The van der Waals surface area contributed by atoms with E-state index < -0.39 is 17.4 Å². The van der Waals surface area contributed by atoms with Gasteiger partial charge in [0.15, 0.2) is 5.82 Å². The summed E-state index contributed by atoms with van der Waals surface area (Å²) in [5.74, 6) is -0.834. The summed E-state index contributed by atoms with van der Waals surface area (Å²) in [5, 5.41) is -0.0336. The Balaban J connectivity index is 2.55. The zero-order chi connectivity index (χ0) is 17.7. The summed E-state index contributed by atoms with van der Waals surface area (Å²) in [4.78, 5) is 11.6. The number of hydrogen-bond donors (Lipinski definition) is 0. The monoisotopic (exact) mass is 356 g/mol. The normalized spacial score (nSPS) is 20.5. The van der Waals surface area contributed by atoms with Crippen LogP contribution in [0.25, 0.3) is 6.08 Å². The molecule has 1 atom stereocenters. The molecule has 2 rings (SSSR count). The van der Waals surface area contributed by atoms with E-state index in [2.05, 4.69) is 0 Å². The first-order valence-corrected chi connectivity index (χ1v) is 8.44. The third kappa shape index (κ3) is 3.90. The molecule has 6 heteroatoms. The molecule has 0 radical (unpaired) electrons. The van der Waals surface area contributed by atoms with E-state index in [-0.39, 0.29) is 17.2 Å². The molecular weight excluding hydrogens is 335 g/mol. The molecule has 1 aromatic rings. The molecule has 132 valence electrons. The number of carbonyl (C=O) groups excluding carboxylic acids is 1. The molecule has 4 nitrogen and oxygen atoms in total. The zero-order valence-corrected chi connectivity index (χ0v) is 14.9. The number of benzene rings is 1. The van der Waals surface area contributed by atoms with Gasteiger partial charge in [0.05, 0.1) is 29.4 Å². The van der Waals surface area contributed by atoms with Crippen LogP contribution >= 0.6 is 11.6 Å². The number of ether oxygens (including phenoxy) is 3. The highest BCUT2D eigenvalue weighted by molar-refractivity contribution is 6.31. The smallest absolute Gasteiger partial charge is 0.330 e. The van der Waals surface area contributed by atoms with E-state index in [0.717, 1.165) is 12.8 Å². The fraction of sp³-hybridized carbons (Fsp3) is 0.500. The lowest BCUT2D eigenvalue weighted by Gasteiger charge is -2.27. The van der Waals surface area contributed by atoms with Crippen molar-refractivity contribution in [2.24, 2.45) is 0 Å². The lowest BCUT2D eigenvalue weighted by Crippen LogP contribution is -2.22. The number of hydrogen-bond acceptors (Lipinski definition) is 4. The van der Waals surface area contributed by atoms with Crippen molar-refractivity contribution in [3.8, 4) is 5.75 Å². The molecule has 0 aromatic heterocycles. The Kier molecular flexibility index (Phi) is 6.24. The molecule has 0 spiro atoms. The van der Waals surface area contributed by atoms with Gasteiger partial charge in [0, 0.05) is 18.2 Å². The second kappa shape index (κ2) is 7.99. The van der Waals surface area contributed by atoms with E-state index >= 15 is 0 Å². The third-order valence-corrected chi connectivity index (χ3v) is 4.23. The van der Waals surface area contributed by atoms with Crippen LogP contribution in [0.3, 0.4) is 0 Å². The average molecular weight is 357 g/mol. The van der Waals surface area contributed by atoms with Gasteiger partial charge in [0.1, 0.15) is 5.75 Å². The highest BCUT2D eigenvalue weighted by atomic mass is 35.5. The predicted molar refractivity (Wildman–Crippen MR) is 90.8 cm³/mol. The van der Waals surface area contributed by atoms with Crippen LogP contribution in [0.2, 0.25) is 5.02 Å². The van der Waals surface area contributed by atoms with Gasteiger partial charge in [0.25, 0.3) is 0 Å². The Morgan fingerprint density at radius 2 is 2.21 bits per heavy atom. The fourth-order valence-corrected chi connectivity index (χ4v) is 3.01. The molecule has 1 fully saturated rings. The Hall–Kier alpha value is -1.59. The third-order valence-electron chi connectivity index (χ3n) is 3.96. The number of halogens is 2. The summed E-state index contributed by atoms with van der Waals surface area (Å²) < 4.78 is 30.9. The predicted octanol–water partition coefficient (Wildman–Crippen LogP) is 4.48. The van der Waals surface area contributed by atoms with E-state index in [1.54, 1.807) is 13.0 Å². The highest BCUT2D eigenvalue weighted by Gasteiger charge is 2.36. The molecule has 0 amide bonds. The first kappa shape index (κ1) is 18.7. The summed E-state index contributed by atoms with van der Waals surface area (Å²) >= 11 is 6.07. The van der Waals surface area contributed by atoms with Gasteiger partial charge in [-0.05, 0) is 45.8 Å². The molecule has 0 N–H and O–H groups in total. The van der Waals surface area contributed by atoms with Crippen molar-refractivity contribution in [3.63, 3.8) is 0 Å². The van der Waals surface area contributed by atoms with Gasteiger partial charge in [-0.25, -0.2) is 9.18 Å². The van der Waals surface area contributed by atoms with Crippen LogP contribution < -0.4 is 4.74 Å². The molecule has 1 heterocycles. The molecule has 0 bridgehead atoms. The summed E-state index contributed by atoms with van der Waals surface area (Å²) in [6, 6.07) is 1.55. The lowest BCUT2D eigenvalue weighted by molar-refractivity contribution is -0.137. The van der Waals surface area contributed by atoms with E-state index in [9.17, 15) is 9.18 Å². The molecule has 1 aliphatic rings. The molecular formula is C18H22ClFO4. The van der Waals surface area contributed by atoms with Crippen molar-refractivity contribution in [1.82, 2.24) is 0 Å². The number of rotatable bonds is 6. The lowest BCUT2D eigenvalue weighted by atomic mass is 9.90. The van der Waals surface area contributed by atoms with Crippen molar-refractivity contribution in [2.45, 2.75) is 39.2 Å². The van der Waals surface area contributed by atoms with Crippen LogP contribution in [-0.2, 0) is 19.9 Å². The minimum Gasteiger partial charge on any atom is -0.493 e. The van der Waals surface area contributed by atoms with Crippen LogP contribution in [0.4, 0.5) is 4.39 Å². The molecule has 24 heavy (non-hydrogen) atoms. The van der Waals surface area contributed by atoms with E-state index in [1.807, 2.05) is 13.8 Å². The van der Waals surface area contributed by atoms with Crippen molar-refractivity contribution >= 4 is 23.6 Å². The fourth-order valence-electron chi connectivity index (χ4n) is 2.80. The Morgan fingerprint density at radius 3 is 2.79 bits per heavy atom. The quantitative estimate of drug-likeness (QED) is 0.557. The van der Waals surface area contributed by atoms with Crippen LogP contribution in [0.15, 0.2) is 12.1 Å². The second-order valence-corrected chi connectivity index (χ2v) is 6.07. The second-order valence-electron chi connectivity index (χ2n) is 5.66. The summed E-state index contributed by atoms with van der Waals surface area (Å²) in [7, 11) is 0. The molecule has 1 aromatic carbocycles. The maximum Gasteiger partial charge on any atom is 0.330 e. The van der Waals surface area contributed by atoms with Crippen LogP contribution in [0, 0.1) is 5.82 Å². The molecule has 1 saturated heterocycles. The maximum atomic E-state index is 14.6. The minimum atomic E-state index is -0.633. The maximum absolute atomic E-state index is 14.6. The topological polar surface area (TPSA) is 44.8 Å². The summed E-state index contributed by atoms with van der Waals surface area (Å²) in [5.41, 5.74) is 0.231. The van der Waals surface area contributed by atoms with Crippen LogP contribution in [0.5, 0.6) is 5.75 Å². The van der Waals surface area contributed by atoms with E-state index in [0.29, 0.717) is 24.5 Å². The Morgan fingerprint density at radius 1 is 1.46 bits per heavy atom. The minimum absolute atomic E-state index is 0.0336. The average Bonchev–Trinajstić information content (AvgIpc) is 2.98. The Labute approximate surface area is 146 Å². The van der Waals surface area contributed by atoms with E-state index in [1.165, 1.54) is 12.2 Å². The van der Waals surface area contributed by atoms with Crippen molar-refractivity contribution < 1.29 is 23.4 Å². The van der Waals surface area contributed by atoms with Crippen LogP contribution in [-0.4, -0.2) is 25.8 Å². The van der Waals surface area contributed by atoms with Gasteiger partial charge < -0.3 is 14.2 Å². The van der Waals surface area contributed by atoms with Crippen molar-refractivity contribution in [1.29, 1.82) is 0 Å².